The topological polar surface area (TPSA) is 56.7 Å². The van der Waals surface area contributed by atoms with Gasteiger partial charge in [-0.1, -0.05) is 26.0 Å². The number of nitrogens with two attached hydrogens (primary N) is 1. The van der Waals surface area contributed by atoms with E-state index >= 15 is 0 Å². The first kappa shape index (κ1) is 10.5. The van der Waals surface area contributed by atoms with E-state index in [0.29, 0.717) is 17.2 Å². The highest BCUT2D eigenvalue weighted by molar-refractivity contribution is 5.38. The smallest absolute Gasteiger partial charge is 0.169 e. The molecule has 1 aliphatic carbocycles. The minimum absolute atomic E-state index is 0.335. The molecule has 1 saturated carbocycles. The Labute approximate surface area is 90.8 Å². The van der Waals surface area contributed by atoms with E-state index < -0.39 is 0 Å². The van der Waals surface area contributed by atoms with Crippen LogP contribution in [-0.4, -0.2) is 15.0 Å². The van der Waals surface area contributed by atoms with Gasteiger partial charge < -0.3 is 5.73 Å². The van der Waals surface area contributed by atoms with E-state index in [4.69, 9.17) is 5.73 Å². The molecule has 1 aliphatic rings. The van der Waals surface area contributed by atoms with Crippen molar-refractivity contribution in [2.75, 3.05) is 5.73 Å². The first-order chi connectivity index (χ1) is 6.97. The number of anilines is 1. The van der Waals surface area contributed by atoms with E-state index in [1.807, 2.05) is 4.68 Å². The zero-order valence-corrected chi connectivity index (χ0v) is 9.82. The Bertz CT molecular complexity index is 344. The summed E-state index contributed by atoms with van der Waals surface area (Å²) in [7, 11) is 0. The molecule has 2 rings (SSSR count). The SMILES string of the molecule is CC(C)(C)CCn1nnc(N)c1C1CC1. The number of rotatable bonds is 3. The third-order valence-corrected chi connectivity index (χ3v) is 2.84. The first-order valence-electron chi connectivity index (χ1n) is 5.66. The van der Waals surface area contributed by atoms with Gasteiger partial charge in [0.05, 0.1) is 5.69 Å². The molecule has 0 unspecified atom stereocenters. The first-order valence-corrected chi connectivity index (χ1v) is 5.66. The van der Waals surface area contributed by atoms with Crippen LogP contribution < -0.4 is 5.73 Å². The van der Waals surface area contributed by atoms with E-state index in [-0.39, 0.29) is 0 Å². The molecule has 0 aromatic carbocycles. The fraction of sp³-hybridized carbons (Fsp3) is 0.818. The molecular weight excluding hydrogens is 188 g/mol. The predicted molar refractivity (Wildman–Crippen MR) is 60.5 cm³/mol. The van der Waals surface area contributed by atoms with E-state index in [9.17, 15) is 0 Å². The molecule has 0 aliphatic heterocycles. The van der Waals surface area contributed by atoms with Crippen LogP contribution in [0.2, 0.25) is 0 Å². The second-order valence-corrected chi connectivity index (χ2v) is 5.67. The number of aryl methyl sites for hydroxylation is 1. The van der Waals surface area contributed by atoms with Gasteiger partial charge in [-0.05, 0) is 24.7 Å². The second-order valence-electron chi connectivity index (χ2n) is 5.67. The van der Waals surface area contributed by atoms with Crippen molar-refractivity contribution in [3.05, 3.63) is 5.69 Å². The van der Waals surface area contributed by atoms with Crippen molar-refractivity contribution in [3.8, 4) is 0 Å². The Morgan fingerprint density at radius 2 is 2.07 bits per heavy atom. The Morgan fingerprint density at radius 3 is 2.60 bits per heavy atom. The molecule has 1 fully saturated rings. The molecule has 0 saturated heterocycles. The number of aromatic nitrogens is 3. The van der Waals surface area contributed by atoms with Crippen LogP contribution in [-0.2, 0) is 6.54 Å². The summed E-state index contributed by atoms with van der Waals surface area (Å²) >= 11 is 0. The van der Waals surface area contributed by atoms with Crippen molar-refractivity contribution >= 4 is 5.82 Å². The summed E-state index contributed by atoms with van der Waals surface area (Å²) in [5, 5.41) is 8.09. The van der Waals surface area contributed by atoms with Crippen molar-refractivity contribution in [1.82, 2.24) is 15.0 Å². The molecule has 84 valence electrons. The molecule has 1 aromatic heterocycles. The molecule has 0 atom stereocenters. The van der Waals surface area contributed by atoms with E-state index in [0.717, 1.165) is 13.0 Å². The van der Waals surface area contributed by atoms with Crippen LogP contribution in [0.5, 0.6) is 0 Å². The van der Waals surface area contributed by atoms with Crippen molar-refractivity contribution in [3.63, 3.8) is 0 Å². The highest BCUT2D eigenvalue weighted by Gasteiger charge is 2.30. The lowest BCUT2D eigenvalue weighted by Gasteiger charge is -2.18. The highest BCUT2D eigenvalue weighted by atomic mass is 15.4. The monoisotopic (exact) mass is 208 g/mol. The second kappa shape index (κ2) is 3.51. The number of nitrogens with zero attached hydrogens (tertiary/aromatic N) is 3. The van der Waals surface area contributed by atoms with Crippen LogP contribution in [0.15, 0.2) is 0 Å². The third-order valence-electron chi connectivity index (χ3n) is 2.84. The van der Waals surface area contributed by atoms with Crippen molar-refractivity contribution < 1.29 is 0 Å². The zero-order valence-electron chi connectivity index (χ0n) is 9.82. The van der Waals surface area contributed by atoms with E-state index in [2.05, 4.69) is 31.1 Å². The Morgan fingerprint density at radius 1 is 1.40 bits per heavy atom. The maximum Gasteiger partial charge on any atom is 0.169 e. The van der Waals surface area contributed by atoms with Gasteiger partial charge >= 0.3 is 0 Å². The quantitative estimate of drug-likeness (QED) is 0.828. The Hall–Kier alpha value is -1.06. The molecule has 0 spiro atoms. The maximum absolute atomic E-state index is 5.83. The van der Waals surface area contributed by atoms with Crippen molar-refractivity contribution in [1.29, 1.82) is 0 Å². The molecule has 4 heteroatoms. The zero-order chi connectivity index (χ0) is 11.1. The Balaban J connectivity index is 2.08. The minimum atomic E-state index is 0.335. The molecule has 0 amide bonds. The van der Waals surface area contributed by atoms with Crippen LogP contribution in [0, 0.1) is 5.41 Å². The molecular formula is C11H20N4. The van der Waals surface area contributed by atoms with Gasteiger partial charge in [0, 0.05) is 12.5 Å². The summed E-state index contributed by atoms with van der Waals surface area (Å²) in [5.74, 6) is 1.26. The van der Waals surface area contributed by atoms with Gasteiger partial charge in [0.1, 0.15) is 0 Å². The van der Waals surface area contributed by atoms with Gasteiger partial charge in [-0.15, -0.1) is 5.10 Å². The summed E-state index contributed by atoms with van der Waals surface area (Å²) in [6.07, 6.45) is 3.59. The molecule has 4 nitrogen and oxygen atoms in total. The summed E-state index contributed by atoms with van der Waals surface area (Å²) in [6.45, 7) is 7.65. The molecule has 1 aromatic rings. The highest BCUT2D eigenvalue weighted by Crippen LogP contribution is 2.42. The summed E-state index contributed by atoms with van der Waals surface area (Å²) in [4.78, 5) is 0. The lowest BCUT2D eigenvalue weighted by atomic mass is 9.92. The van der Waals surface area contributed by atoms with Gasteiger partial charge in [-0.25, -0.2) is 4.68 Å². The Kier molecular flexibility index (Phi) is 2.44. The van der Waals surface area contributed by atoms with Crippen LogP contribution >= 0.6 is 0 Å². The molecule has 0 radical (unpaired) electrons. The number of hydrogen-bond donors (Lipinski definition) is 1. The maximum atomic E-state index is 5.83. The molecule has 2 N–H and O–H groups in total. The van der Waals surface area contributed by atoms with Crippen molar-refractivity contribution in [2.45, 2.75) is 52.5 Å². The van der Waals surface area contributed by atoms with Gasteiger partial charge in [0.2, 0.25) is 0 Å². The molecule has 1 heterocycles. The largest absolute Gasteiger partial charge is 0.381 e. The van der Waals surface area contributed by atoms with E-state index in [1.165, 1.54) is 18.5 Å². The van der Waals surface area contributed by atoms with Crippen LogP contribution in [0.25, 0.3) is 0 Å². The third kappa shape index (κ3) is 2.49. The van der Waals surface area contributed by atoms with Crippen LogP contribution in [0.4, 0.5) is 5.82 Å². The van der Waals surface area contributed by atoms with E-state index in [1.54, 1.807) is 0 Å². The molecule has 0 bridgehead atoms. The van der Waals surface area contributed by atoms with Gasteiger partial charge in [-0.2, -0.15) is 0 Å². The lowest BCUT2D eigenvalue weighted by Crippen LogP contribution is -2.13. The summed E-state index contributed by atoms with van der Waals surface area (Å²) < 4.78 is 2.00. The van der Waals surface area contributed by atoms with Gasteiger partial charge in [-0.3, -0.25) is 0 Å². The van der Waals surface area contributed by atoms with Crippen LogP contribution in [0.1, 0.15) is 51.6 Å². The predicted octanol–water partition coefficient (Wildman–Crippen LogP) is 2.17. The minimum Gasteiger partial charge on any atom is -0.381 e. The fourth-order valence-electron chi connectivity index (χ4n) is 1.72. The van der Waals surface area contributed by atoms with Crippen molar-refractivity contribution in [2.24, 2.45) is 5.41 Å². The lowest BCUT2D eigenvalue weighted by molar-refractivity contribution is 0.335. The fourth-order valence-corrected chi connectivity index (χ4v) is 1.72. The number of hydrogen-bond acceptors (Lipinski definition) is 3. The average molecular weight is 208 g/mol. The standard InChI is InChI=1S/C11H20N4/c1-11(2,3)6-7-15-9(8-4-5-8)10(12)13-14-15/h8H,4-7,12H2,1-3H3. The number of nitrogen functional groups attached to an aromatic ring is 1. The van der Waals surface area contributed by atoms with Crippen LogP contribution in [0.3, 0.4) is 0 Å². The van der Waals surface area contributed by atoms with Gasteiger partial charge in [0.15, 0.2) is 5.82 Å². The average Bonchev–Trinajstić information content (AvgIpc) is 2.87. The van der Waals surface area contributed by atoms with Gasteiger partial charge in [0.25, 0.3) is 0 Å². The normalized spacial score (nSPS) is 17.0. The molecule has 15 heavy (non-hydrogen) atoms. The summed E-state index contributed by atoms with van der Waals surface area (Å²) in [5.41, 5.74) is 7.33. The summed E-state index contributed by atoms with van der Waals surface area (Å²) in [6, 6.07) is 0.